The molecule has 0 saturated carbocycles. The third-order valence-electron chi connectivity index (χ3n) is 3.43. The zero-order valence-electron chi connectivity index (χ0n) is 15.4. The maximum atomic E-state index is 6.75. The first-order valence-electron chi connectivity index (χ1n) is 7.72. The zero-order chi connectivity index (χ0) is 20.8. The molecule has 0 aliphatic heterocycles. The van der Waals surface area contributed by atoms with E-state index >= 15 is 0 Å². The maximum absolute atomic E-state index is 6.75. The van der Waals surface area contributed by atoms with E-state index in [9.17, 15) is 0 Å². The van der Waals surface area contributed by atoms with Crippen LogP contribution in [0.4, 0.5) is 11.4 Å². The number of nitrogen functional groups attached to an aromatic ring is 2. The Morgan fingerprint density at radius 2 is 0.966 bits per heavy atom. The van der Waals surface area contributed by atoms with Gasteiger partial charge in [0.1, 0.15) is 0 Å². The average molecular weight is 438 g/mol. The molecule has 2 aromatic heterocycles. The summed E-state index contributed by atoms with van der Waals surface area (Å²) in [5, 5.41) is 4.32. The third kappa shape index (κ3) is 8.11. The number of benzene rings is 2. The summed E-state index contributed by atoms with van der Waals surface area (Å²) in [5.41, 5.74) is 40.1. The van der Waals surface area contributed by atoms with Crippen LogP contribution in [0, 0.1) is 0 Å². The van der Waals surface area contributed by atoms with Crippen LogP contribution in [-0.4, -0.2) is 9.97 Å². The van der Waals surface area contributed by atoms with Gasteiger partial charge in [0.05, 0.1) is 0 Å². The largest absolute Gasteiger partial charge is 2.00 e. The van der Waals surface area contributed by atoms with Crippen molar-refractivity contribution >= 4 is 32.9 Å². The van der Waals surface area contributed by atoms with Gasteiger partial charge in [0.15, 0.2) is 0 Å². The van der Waals surface area contributed by atoms with Crippen LogP contribution >= 0.6 is 0 Å². The number of nitrogens with two attached hydrogens (primary N) is 2. The number of pyridine rings is 2. The van der Waals surface area contributed by atoms with E-state index in [4.69, 9.17) is 33.6 Å². The molecule has 0 atom stereocenters. The van der Waals surface area contributed by atoms with Gasteiger partial charge < -0.3 is 33.6 Å². The molecule has 0 fully saturated rings. The quantitative estimate of drug-likeness (QED) is 0.123. The van der Waals surface area contributed by atoms with Crippen molar-refractivity contribution in [2.75, 3.05) is 11.5 Å². The molecule has 0 saturated heterocycles. The van der Waals surface area contributed by atoms with Gasteiger partial charge in [-0.25, -0.2) is 0 Å². The Labute approximate surface area is 179 Å². The predicted molar refractivity (Wildman–Crippen MR) is 112 cm³/mol. The molecule has 2 aromatic carbocycles. The second kappa shape index (κ2) is 14.2. The van der Waals surface area contributed by atoms with E-state index in [0.717, 1.165) is 32.9 Å². The number of anilines is 2. The van der Waals surface area contributed by atoms with Crippen molar-refractivity contribution < 1.29 is 19.5 Å². The van der Waals surface area contributed by atoms with Crippen molar-refractivity contribution in [1.29, 1.82) is 0 Å². The van der Waals surface area contributed by atoms with Crippen molar-refractivity contribution in [3.8, 4) is 0 Å². The molecule has 0 spiro atoms. The van der Waals surface area contributed by atoms with E-state index in [0.29, 0.717) is 0 Å². The second-order valence-electron chi connectivity index (χ2n) is 5.07. The van der Waals surface area contributed by atoms with Gasteiger partial charge in [0, 0.05) is 57.7 Å². The summed E-state index contributed by atoms with van der Waals surface area (Å²) in [7, 11) is 0. The number of fused-ring (bicyclic) bond motifs is 2. The van der Waals surface area contributed by atoms with Gasteiger partial charge in [-0.15, -0.1) is 0 Å². The Bertz CT molecular complexity index is 1000. The van der Waals surface area contributed by atoms with Crippen LogP contribution in [0.1, 0.15) is 0 Å². The zero-order valence-corrected chi connectivity index (χ0v) is 18.3. The molecule has 4 N–H and O–H groups in total. The Morgan fingerprint density at radius 1 is 0.621 bits per heavy atom. The van der Waals surface area contributed by atoms with Crippen molar-refractivity contribution in [3.05, 3.63) is 105 Å². The van der Waals surface area contributed by atoms with Crippen LogP contribution in [0.3, 0.4) is 0 Å². The van der Waals surface area contributed by atoms with E-state index in [2.05, 4.69) is 9.97 Å². The molecular weight excluding hydrogens is 422 g/mol. The first kappa shape index (κ1) is 25.1. The van der Waals surface area contributed by atoms with Gasteiger partial charge in [0.25, 0.3) is 0 Å². The van der Waals surface area contributed by atoms with Crippen molar-refractivity contribution in [3.63, 3.8) is 0 Å². The Hall–Kier alpha value is -3.90. The molecule has 11 heteroatoms. The second-order valence-corrected chi connectivity index (χ2v) is 5.07. The maximum Gasteiger partial charge on any atom is 2.00 e. The minimum atomic E-state index is 0. The standard InChI is InChI=1S/2C9H8N2.2N3.Zn/c2*10-9-3-1-2-7-6-11-5-4-8(7)9;2*1-3-2;/h2*1-6H,10H2;;;/q;;2*-1;+2. The monoisotopic (exact) mass is 436 g/mol. The minimum Gasteiger partial charge on any atom is -0.398 e. The van der Waals surface area contributed by atoms with Gasteiger partial charge in [-0.1, -0.05) is 24.3 Å². The molecule has 0 aliphatic carbocycles. The summed E-state index contributed by atoms with van der Waals surface area (Å²) in [5.74, 6) is 0. The molecule has 0 bridgehead atoms. The number of hydrogen-bond acceptors (Lipinski definition) is 4. The molecule has 0 unspecified atom stereocenters. The van der Waals surface area contributed by atoms with Crippen molar-refractivity contribution in [1.82, 2.24) is 9.97 Å². The van der Waals surface area contributed by atoms with Gasteiger partial charge >= 0.3 is 19.5 Å². The van der Waals surface area contributed by atoms with Crippen LogP contribution in [0.2, 0.25) is 0 Å². The molecule has 0 amide bonds. The number of hydrogen-bond donors (Lipinski definition) is 2. The topological polar surface area (TPSA) is 195 Å². The summed E-state index contributed by atoms with van der Waals surface area (Å²) >= 11 is 0. The summed E-state index contributed by atoms with van der Waals surface area (Å²) in [6.45, 7) is 0. The summed E-state index contributed by atoms with van der Waals surface area (Å²) in [6, 6.07) is 15.5. The molecule has 10 nitrogen and oxygen atoms in total. The van der Waals surface area contributed by atoms with Crippen molar-refractivity contribution in [2.24, 2.45) is 0 Å². The van der Waals surface area contributed by atoms with E-state index in [1.807, 2.05) is 60.9 Å². The molecule has 140 valence electrons. The average Bonchev–Trinajstić information content (AvgIpc) is 2.71. The Morgan fingerprint density at radius 3 is 1.28 bits per heavy atom. The molecule has 4 aromatic rings. The number of aromatic nitrogens is 2. The van der Waals surface area contributed by atoms with E-state index in [-0.39, 0.29) is 19.5 Å². The van der Waals surface area contributed by atoms with Crippen LogP contribution in [0.25, 0.3) is 53.5 Å². The first-order chi connectivity index (χ1) is 13.6. The first-order valence-corrected chi connectivity index (χ1v) is 7.72. The fourth-order valence-electron chi connectivity index (χ4n) is 2.30. The fraction of sp³-hybridized carbons (Fsp3) is 0. The molecular formula is C18H16N10Zn. The SMILES string of the molecule is Nc1cccc2cnccc12.Nc1cccc2cnccc12.[N-]=[N+]=[N-].[N-]=[N+]=[N-].[Zn+2]. The summed E-state index contributed by atoms with van der Waals surface area (Å²) < 4.78 is 0. The van der Waals surface area contributed by atoms with Crippen LogP contribution in [-0.2, 0) is 19.5 Å². The molecule has 0 radical (unpaired) electrons. The molecule has 4 rings (SSSR count). The van der Waals surface area contributed by atoms with Crippen LogP contribution < -0.4 is 11.5 Å². The predicted octanol–water partition coefficient (Wildman–Crippen LogP) is 5.36. The molecule has 2 heterocycles. The van der Waals surface area contributed by atoms with Gasteiger partial charge in [-0.2, -0.15) is 0 Å². The molecule has 0 aliphatic rings. The number of nitrogens with zero attached hydrogens (tertiary/aromatic N) is 8. The minimum absolute atomic E-state index is 0. The fourth-order valence-corrected chi connectivity index (χ4v) is 2.30. The summed E-state index contributed by atoms with van der Waals surface area (Å²) in [6.07, 6.45) is 7.12. The van der Waals surface area contributed by atoms with E-state index < -0.39 is 0 Å². The molecule has 29 heavy (non-hydrogen) atoms. The van der Waals surface area contributed by atoms with E-state index in [1.54, 1.807) is 12.4 Å². The Balaban J connectivity index is 0.000000416. The summed E-state index contributed by atoms with van der Waals surface area (Å²) in [4.78, 5) is 11.0. The number of rotatable bonds is 0. The van der Waals surface area contributed by atoms with Gasteiger partial charge in [-0.05, 0) is 24.3 Å². The normalized spacial score (nSPS) is 8.28. The smallest absolute Gasteiger partial charge is 0.398 e. The van der Waals surface area contributed by atoms with Crippen LogP contribution in [0.5, 0.6) is 0 Å². The Kier molecular flexibility index (Phi) is 12.3. The van der Waals surface area contributed by atoms with Gasteiger partial charge in [-0.3, -0.25) is 19.8 Å². The van der Waals surface area contributed by atoms with E-state index in [1.165, 1.54) is 9.82 Å². The van der Waals surface area contributed by atoms with Crippen molar-refractivity contribution in [2.45, 2.75) is 0 Å². The van der Waals surface area contributed by atoms with Gasteiger partial charge in [0.2, 0.25) is 0 Å². The van der Waals surface area contributed by atoms with Crippen LogP contribution in [0.15, 0.2) is 73.3 Å². The third-order valence-corrected chi connectivity index (χ3v) is 3.43.